The lowest BCUT2D eigenvalue weighted by Gasteiger charge is -2.37. The van der Waals surface area contributed by atoms with Gasteiger partial charge in [-0.2, -0.15) is 0 Å². The smallest absolute Gasteiger partial charge is 0.271 e. The number of benzene rings is 1. The molecule has 2 aliphatic heterocycles. The highest BCUT2D eigenvalue weighted by Gasteiger charge is 2.22. The minimum atomic E-state index is -0.436. The third kappa shape index (κ3) is 3.95. The molecule has 148 valence electrons. The first-order valence-electron chi connectivity index (χ1n) is 9.20. The zero-order chi connectivity index (χ0) is 19.5. The van der Waals surface area contributed by atoms with Crippen LogP contribution in [0.1, 0.15) is 0 Å². The van der Waals surface area contributed by atoms with Crippen molar-refractivity contribution in [2.45, 2.75) is 0 Å². The molecule has 9 nitrogen and oxygen atoms in total. The van der Waals surface area contributed by atoms with E-state index < -0.39 is 4.92 Å². The summed E-state index contributed by atoms with van der Waals surface area (Å²) in [5, 5.41) is 11.3. The maximum Gasteiger partial charge on any atom is 0.271 e. The monoisotopic (exact) mass is 404 g/mol. The third-order valence-corrected chi connectivity index (χ3v) is 5.36. The molecule has 0 saturated carbocycles. The number of nitrogens with zero attached hydrogens (tertiary/aromatic N) is 6. The largest absolute Gasteiger partial charge is 0.378 e. The maximum atomic E-state index is 10.9. The number of rotatable bonds is 4. The lowest BCUT2D eigenvalue weighted by molar-refractivity contribution is -0.384. The Balaban J connectivity index is 1.42. The van der Waals surface area contributed by atoms with Crippen LogP contribution in [0.3, 0.4) is 0 Å². The second-order valence-corrected chi connectivity index (χ2v) is 7.11. The Morgan fingerprint density at radius 3 is 2.14 bits per heavy atom. The van der Waals surface area contributed by atoms with Gasteiger partial charge in [0.2, 0.25) is 0 Å². The average Bonchev–Trinajstić information content (AvgIpc) is 2.74. The zero-order valence-corrected chi connectivity index (χ0v) is 16.1. The number of aromatic nitrogens is 2. The number of non-ortho nitro benzene ring substituents is 1. The van der Waals surface area contributed by atoms with Gasteiger partial charge in [-0.1, -0.05) is 11.6 Å². The zero-order valence-electron chi connectivity index (χ0n) is 15.3. The topological polar surface area (TPSA) is 87.9 Å². The molecular formula is C18H21ClN6O3. The Morgan fingerprint density at radius 1 is 0.929 bits per heavy atom. The summed E-state index contributed by atoms with van der Waals surface area (Å²) < 4.78 is 5.40. The number of piperazine rings is 1. The second kappa shape index (κ2) is 8.15. The fourth-order valence-corrected chi connectivity index (χ4v) is 3.81. The maximum absolute atomic E-state index is 10.9. The van der Waals surface area contributed by atoms with Crippen LogP contribution in [0.2, 0.25) is 5.02 Å². The van der Waals surface area contributed by atoms with Crippen molar-refractivity contribution >= 4 is 34.6 Å². The van der Waals surface area contributed by atoms with E-state index in [1.54, 1.807) is 12.4 Å². The highest BCUT2D eigenvalue weighted by Crippen LogP contribution is 2.31. The Morgan fingerprint density at radius 2 is 1.54 bits per heavy atom. The number of ether oxygens (including phenoxy) is 1. The molecule has 0 unspecified atom stereocenters. The summed E-state index contributed by atoms with van der Waals surface area (Å²) in [6.07, 6.45) is 1.61. The van der Waals surface area contributed by atoms with Crippen molar-refractivity contribution < 1.29 is 9.66 Å². The standard InChI is InChI=1S/C18H21ClN6O3/c19-15-11-14(25(26)27)1-2-16(15)22-3-5-23(6-4-22)17-12-18(21-13-20-17)24-7-9-28-10-8-24/h1-2,11-13H,3-10H2. The minimum Gasteiger partial charge on any atom is -0.378 e. The summed E-state index contributed by atoms with van der Waals surface area (Å²) in [5.41, 5.74) is 0.827. The molecule has 2 aliphatic rings. The van der Waals surface area contributed by atoms with Gasteiger partial charge < -0.3 is 19.4 Å². The highest BCUT2D eigenvalue weighted by atomic mass is 35.5. The van der Waals surface area contributed by atoms with Crippen molar-refractivity contribution in [3.05, 3.63) is 45.7 Å². The van der Waals surface area contributed by atoms with Crippen LogP contribution in [0, 0.1) is 10.1 Å². The van der Waals surface area contributed by atoms with Crippen molar-refractivity contribution in [3.8, 4) is 0 Å². The fourth-order valence-electron chi connectivity index (χ4n) is 3.52. The molecule has 2 saturated heterocycles. The average molecular weight is 405 g/mol. The normalized spacial score (nSPS) is 17.7. The van der Waals surface area contributed by atoms with E-state index in [9.17, 15) is 10.1 Å². The Hall–Kier alpha value is -2.65. The summed E-state index contributed by atoms with van der Waals surface area (Å²) >= 11 is 6.27. The molecule has 4 rings (SSSR count). The van der Waals surface area contributed by atoms with Crippen LogP contribution in [-0.2, 0) is 4.74 Å². The van der Waals surface area contributed by atoms with E-state index in [1.165, 1.54) is 12.1 Å². The van der Waals surface area contributed by atoms with Gasteiger partial charge >= 0.3 is 0 Å². The Kier molecular flexibility index (Phi) is 5.45. The molecule has 28 heavy (non-hydrogen) atoms. The van der Waals surface area contributed by atoms with E-state index in [4.69, 9.17) is 16.3 Å². The van der Waals surface area contributed by atoms with Crippen molar-refractivity contribution in [3.63, 3.8) is 0 Å². The van der Waals surface area contributed by atoms with Gasteiger partial charge in [-0.15, -0.1) is 0 Å². The van der Waals surface area contributed by atoms with E-state index >= 15 is 0 Å². The van der Waals surface area contributed by atoms with Gasteiger partial charge in [-0.05, 0) is 6.07 Å². The van der Waals surface area contributed by atoms with Crippen molar-refractivity contribution in [2.24, 2.45) is 0 Å². The van der Waals surface area contributed by atoms with Gasteiger partial charge in [0.1, 0.15) is 18.0 Å². The van der Waals surface area contributed by atoms with Gasteiger partial charge in [0.05, 0.1) is 28.8 Å². The van der Waals surface area contributed by atoms with Gasteiger partial charge in [-0.25, -0.2) is 9.97 Å². The van der Waals surface area contributed by atoms with E-state index in [0.717, 1.165) is 56.6 Å². The lowest BCUT2D eigenvalue weighted by atomic mass is 10.2. The van der Waals surface area contributed by atoms with Crippen molar-refractivity contribution in [1.82, 2.24) is 9.97 Å². The number of anilines is 3. The summed E-state index contributed by atoms with van der Waals surface area (Å²) in [5.74, 6) is 1.83. The number of halogens is 1. The molecular weight excluding hydrogens is 384 g/mol. The summed E-state index contributed by atoms with van der Waals surface area (Å²) in [6, 6.07) is 6.64. The molecule has 10 heteroatoms. The predicted molar refractivity (Wildman–Crippen MR) is 108 cm³/mol. The SMILES string of the molecule is O=[N+]([O-])c1ccc(N2CCN(c3cc(N4CCOCC4)ncn3)CC2)c(Cl)c1. The Bertz CT molecular complexity index is 853. The first kappa shape index (κ1) is 18.7. The van der Waals surface area contributed by atoms with E-state index in [1.807, 2.05) is 6.07 Å². The molecule has 1 aromatic carbocycles. The Labute approximate surface area is 167 Å². The molecule has 0 aliphatic carbocycles. The number of nitro benzene ring substituents is 1. The van der Waals surface area contributed by atoms with Gasteiger partial charge in [0.15, 0.2) is 0 Å². The van der Waals surface area contributed by atoms with Crippen LogP contribution in [0.25, 0.3) is 0 Å². The molecule has 0 atom stereocenters. The number of hydrogen-bond donors (Lipinski definition) is 0. The van der Waals surface area contributed by atoms with Gasteiger partial charge in [0.25, 0.3) is 5.69 Å². The molecule has 3 heterocycles. The van der Waals surface area contributed by atoms with Gasteiger partial charge in [0, 0.05) is 57.5 Å². The summed E-state index contributed by atoms with van der Waals surface area (Å²) in [6.45, 7) is 6.19. The molecule has 0 radical (unpaired) electrons. The van der Waals surface area contributed by atoms with Crippen LogP contribution in [0.5, 0.6) is 0 Å². The molecule has 0 spiro atoms. The number of morpholine rings is 1. The summed E-state index contributed by atoms with van der Waals surface area (Å²) in [4.78, 5) is 25.9. The second-order valence-electron chi connectivity index (χ2n) is 6.70. The van der Waals surface area contributed by atoms with Crippen LogP contribution in [0.15, 0.2) is 30.6 Å². The first-order valence-corrected chi connectivity index (χ1v) is 9.58. The molecule has 1 aromatic heterocycles. The first-order chi connectivity index (χ1) is 13.6. The van der Waals surface area contributed by atoms with Gasteiger partial charge in [-0.3, -0.25) is 10.1 Å². The van der Waals surface area contributed by atoms with Crippen LogP contribution in [-0.4, -0.2) is 67.4 Å². The molecule has 2 fully saturated rings. The van der Waals surface area contributed by atoms with Crippen LogP contribution >= 0.6 is 11.6 Å². The van der Waals surface area contributed by atoms with Crippen LogP contribution < -0.4 is 14.7 Å². The molecule has 2 aromatic rings. The van der Waals surface area contributed by atoms with Crippen molar-refractivity contribution in [1.29, 1.82) is 0 Å². The fraction of sp³-hybridized carbons (Fsp3) is 0.444. The molecule has 0 N–H and O–H groups in total. The minimum absolute atomic E-state index is 0.00372. The van der Waals surface area contributed by atoms with Crippen LogP contribution in [0.4, 0.5) is 23.0 Å². The number of hydrogen-bond acceptors (Lipinski definition) is 8. The quantitative estimate of drug-likeness (QED) is 0.566. The predicted octanol–water partition coefficient (Wildman–Crippen LogP) is 2.20. The van der Waals surface area contributed by atoms with E-state index in [2.05, 4.69) is 24.7 Å². The van der Waals surface area contributed by atoms with Crippen molar-refractivity contribution in [2.75, 3.05) is 67.2 Å². The molecule has 0 amide bonds. The number of nitro groups is 1. The van der Waals surface area contributed by atoms with E-state index in [0.29, 0.717) is 18.2 Å². The third-order valence-electron chi connectivity index (χ3n) is 5.06. The lowest BCUT2D eigenvalue weighted by Crippen LogP contribution is -2.47. The summed E-state index contributed by atoms with van der Waals surface area (Å²) in [7, 11) is 0. The molecule has 0 bridgehead atoms. The highest BCUT2D eigenvalue weighted by molar-refractivity contribution is 6.33. The van der Waals surface area contributed by atoms with E-state index in [-0.39, 0.29) is 5.69 Å².